The molecule has 2 aliphatic carbocycles. The van der Waals surface area contributed by atoms with Gasteiger partial charge >= 0.3 is 5.69 Å². The number of likely N-dealkylation sites (tertiary alicyclic amines) is 1. The first-order valence-electron chi connectivity index (χ1n) is 10.5. The predicted molar refractivity (Wildman–Crippen MR) is 106 cm³/mol. The van der Waals surface area contributed by atoms with E-state index in [1.54, 1.807) is 18.2 Å². The number of aromatic amines is 1. The monoisotopic (exact) mass is 396 g/mol. The number of nitrogens with one attached hydrogen (secondary N) is 1. The van der Waals surface area contributed by atoms with Gasteiger partial charge in [-0.2, -0.15) is 5.10 Å². The SMILES string of the molecule is O=C(C1CC2C=CC1C2)N1CCC(Cc2n[nH]c(=O)n2-c2ccccc2F)CC1. The summed E-state index contributed by atoms with van der Waals surface area (Å²) in [4.78, 5) is 27.1. The first-order valence-corrected chi connectivity index (χ1v) is 10.5. The zero-order valence-corrected chi connectivity index (χ0v) is 16.3. The van der Waals surface area contributed by atoms with Crippen molar-refractivity contribution in [2.75, 3.05) is 13.1 Å². The highest BCUT2D eigenvalue weighted by Gasteiger charge is 2.42. The van der Waals surface area contributed by atoms with E-state index in [9.17, 15) is 14.0 Å². The Morgan fingerprint density at radius 1 is 1.17 bits per heavy atom. The molecule has 0 spiro atoms. The standard InChI is InChI=1S/C22H25FN4O2/c23-18-3-1-2-4-19(18)27-20(24-25-22(27)29)13-14-7-9-26(10-8-14)21(28)17-12-15-5-6-16(17)11-15/h1-6,14-17H,7-13H2,(H,25,29). The molecule has 1 aromatic carbocycles. The van der Waals surface area contributed by atoms with Crippen molar-refractivity contribution in [1.29, 1.82) is 0 Å². The van der Waals surface area contributed by atoms with Gasteiger partial charge in [0.25, 0.3) is 0 Å². The molecule has 1 aromatic heterocycles. The molecule has 2 aromatic rings. The molecule has 1 saturated carbocycles. The first-order chi connectivity index (χ1) is 14.1. The maximum Gasteiger partial charge on any atom is 0.348 e. The van der Waals surface area contributed by atoms with Crippen LogP contribution in [0.3, 0.4) is 0 Å². The highest BCUT2D eigenvalue weighted by molar-refractivity contribution is 5.80. The Morgan fingerprint density at radius 3 is 2.66 bits per heavy atom. The third-order valence-corrected chi connectivity index (χ3v) is 6.83. The molecule has 2 heterocycles. The number of fused-ring (bicyclic) bond motifs is 2. The molecule has 1 saturated heterocycles. The predicted octanol–water partition coefficient (Wildman–Crippen LogP) is 2.69. The number of hydrogen-bond donors (Lipinski definition) is 1. The van der Waals surface area contributed by atoms with E-state index in [1.807, 2.05) is 4.90 Å². The Kier molecular flexibility index (Phi) is 4.60. The van der Waals surface area contributed by atoms with E-state index >= 15 is 0 Å². The van der Waals surface area contributed by atoms with Gasteiger partial charge in [0.05, 0.1) is 5.69 Å². The number of carbonyl (C=O) groups excluding carboxylic acids is 1. The second-order valence-electron chi connectivity index (χ2n) is 8.59. The fourth-order valence-electron chi connectivity index (χ4n) is 5.26. The lowest BCUT2D eigenvalue weighted by Gasteiger charge is -2.34. The minimum atomic E-state index is -0.447. The van der Waals surface area contributed by atoms with Crippen LogP contribution in [0.5, 0.6) is 0 Å². The van der Waals surface area contributed by atoms with Crippen LogP contribution in [0.15, 0.2) is 41.2 Å². The molecule has 2 bridgehead atoms. The van der Waals surface area contributed by atoms with Crippen molar-refractivity contribution in [3.8, 4) is 5.69 Å². The van der Waals surface area contributed by atoms with Crippen LogP contribution < -0.4 is 5.69 Å². The summed E-state index contributed by atoms with van der Waals surface area (Å²) in [5.74, 6) is 1.92. The number of aromatic nitrogens is 3. The van der Waals surface area contributed by atoms with Gasteiger partial charge < -0.3 is 4.90 Å². The zero-order valence-electron chi connectivity index (χ0n) is 16.3. The summed E-state index contributed by atoms with van der Waals surface area (Å²) in [5.41, 5.74) is -0.208. The topological polar surface area (TPSA) is 71.0 Å². The van der Waals surface area contributed by atoms with Crippen LogP contribution in [0.2, 0.25) is 0 Å². The van der Waals surface area contributed by atoms with Gasteiger partial charge in [0, 0.05) is 25.4 Å². The molecule has 1 N–H and O–H groups in total. The lowest BCUT2D eigenvalue weighted by molar-refractivity contribution is -0.137. The van der Waals surface area contributed by atoms with Gasteiger partial charge in [-0.1, -0.05) is 24.3 Å². The number of rotatable bonds is 4. The van der Waals surface area contributed by atoms with E-state index in [-0.39, 0.29) is 11.6 Å². The van der Waals surface area contributed by atoms with E-state index in [1.165, 1.54) is 10.6 Å². The van der Waals surface area contributed by atoms with Gasteiger partial charge in [-0.25, -0.2) is 18.9 Å². The second-order valence-corrected chi connectivity index (χ2v) is 8.59. The van der Waals surface area contributed by atoms with Crippen molar-refractivity contribution < 1.29 is 9.18 Å². The largest absolute Gasteiger partial charge is 0.348 e. The Hall–Kier alpha value is -2.70. The summed E-state index contributed by atoms with van der Waals surface area (Å²) in [6.45, 7) is 1.49. The number of amides is 1. The zero-order chi connectivity index (χ0) is 20.0. The van der Waals surface area contributed by atoms with Crippen LogP contribution in [0, 0.1) is 29.5 Å². The van der Waals surface area contributed by atoms with Gasteiger partial charge in [-0.15, -0.1) is 0 Å². The van der Waals surface area contributed by atoms with Crippen LogP contribution in [-0.2, 0) is 11.2 Å². The Balaban J connectivity index is 1.24. The minimum absolute atomic E-state index is 0.166. The molecule has 1 amide bonds. The van der Waals surface area contributed by atoms with Gasteiger partial charge in [-0.3, -0.25) is 4.79 Å². The Bertz CT molecular complexity index is 1000. The molecule has 2 fully saturated rings. The molecular weight excluding hydrogens is 371 g/mol. The fourth-order valence-corrected chi connectivity index (χ4v) is 5.26. The van der Waals surface area contributed by atoms with Crippen molar-refractivity contribution in [3.05, 3.63) is 58.5 Å². The first kappa shape index (κ1) is 18.3. The van der Waals surface area contributed by atoms with Crippen molar-refractivity contribution in [2.24, 2.45) is 23.7 Å². The van der Waals surface area contributed by atoms with E-state index in [2.05, 4.69) is 22.3 Å². The van der Waals surface area contributed by atoms with Crippen LogP contribution in [0.1, 0.15) is 31.5 Å². The molecule has 29 heavy (non-hydrogen) atoms. The van der Waals surface area contributed by atoms with Gasteiger partial charge in [0.1, 0.15) is 11.6 Å². The Morgan fingerprint density at radius 2 is 1.97 bits per heavy atom. The third kappa shape index (κ3) is 3.32. The van der Waals surface area contributed by atoms with Crippen LogP contribution >= 0.6 is 0 Å². The number of carbonyl (C=O) groups is 1. The number of halogens is 1. The third-order valence-electron chi connectivity index (χ3n) is 6.83. The molecule has 7 heteroatoms. The van der Waals surface area contributed by atoms with Crippen molar-refractivity contribution in [1.82, 2.24) is 19.7 Å². The van der Waals surface area contributed by atoms with Crippen molar-refractivity contribution in [3.63, 3.8) is 0 Å². The number of hydrogen-bond acceptors (Lipinski definition) is 3. The summed E-state index contributed by atoms with van der Waals surface area (Å²) in [6, 6.07) is 6.23. The quantitative estimate of drug-likeness (QED) is 0.808. The van der Waals surface area contributed by atoms with E-state index < -0.39 is 11.5 Å². The van der Waals surface area contributed by atoms with E-state index in [0.717, 1.165) is 38.8 Å². The molecule has 5 rings (SSSR count). The molecule has 3 aliphatic rings. The molecule has 0 radical (unpaired) electrons. The van der Waals surface area contributed by atoms with Crippen LogP contribution in [0.4, 0.5) is 4.39 Å². The molecule has 6 nitrogen and oxygen atoms in total. The number of para-hydroxylation sites is 1. The summed E-state index contributed by atoms with van der Waals surface area (Å²) < 4.78 is 15.5. The lowest BCUT2D eigenvalue weighted by atomic mass is 9.89. The number of piperidine rings is 1. The van der Waals surface area contributed by atoms with Gasteiger partial charge in [0.2, 0.25) is 5.91 Å². The van der Waals surface area contributed by atoms with Crippen molar-refractivity contribution >= 4 is 5.91 Å². The average Bonchev–Trinajstić information content (AvgIpc) is 3.45. The Labute approximate surface area is 168 Å². The van der Waals surface area contributed by atoms with Crippen LogP contribution in [0.25, 0.3) is 5.69 Å². The summed E-state index contributed by atoms with van der Waals surface area (Å²) >= 11 is 0. The summed E-state index contributed by atoms with van der Waals surface area (Å²) in [5, 5.41) is 6.59. The normalized spacial score (nSPS) is 26.4. The molecule has 152 valence electrons. The smallest absolute Gasteiger partial charge is 0.342 e. The van der Waals surface area contributed by atoms with Crippen molar-refractivity contribution in [2.45, 2.75) is 32.1 Å². The van der Waals surface area contributed by atoms with Gasteiger partial charge in [0.15, 0.2) is 0 Å². The highest BCUT2D eigenvalue weighted by Crippen LogP contribution is 2.44. The molecule has 1 aliphatic heterocycles. The fraction of sp³-hybridized carbons (Fsp3) is 0.500. The minimum Gasteiger partial charge on any atom is -0.342 e. The van der Waals surface area contributed by atoms with E-state index in [4.69, 9.17) is 0 Å². The van der Waals surface area contributed by atoms with Gasteiger partial charge in [-0.05, 0) is 55.6 Å². The maximum atomic E-state index is 14.2. The number of allylic oxidation sites excluding steroid dienone is 2. The average molecular weight is 396 g/mol. The summed E-state index contributed by atoms with van der Waals surface area (Å²) in [7, 11) is 0. The molecule has 3 unspecified atom stereocenters. The number of H-pyrrole nitrogens is 1. The number of benzene rings is 1. The van der Waals surface area contributed by atoms with Crippen LogP contribution in [-0.4, -0.2) is 38.7 Å². The van der Waals surface area contributed by atoms with E-state index in [0.29, 0.717) is 35.9 Å². The number of nitrogens with zero attached hydrogens (tertiary/aromatic N) is 3. The summed E-state index contributed by atoms with van der Waals surface area (Å²) in [6.07, 6.45) is 8.97. The lowest BCUT2D eigenvalue weighted by Crippen LogP contribution is -2.43. The molecular formula is C22H25FN4O2. The molecule has 3 atom stereocenters. The maximum absolute atomic E-state index is 14.2. The highest BCUT2D eigenvalue weighted by atomic mass is 19.1. The second kappa shape index (κ2) is 7.28.